The van der Waals surface area contributed by atoms with E-state index in [-0.39, 0.29) is 23.9 Å². The standard InChI is InChI=1S/C18H20N2O2/c1-12(19-18(22)16-8-9-17(21)20-16)10-13-6-7-14-4-2-3-5-15(14)11-13/h2-7,11-12,16H,8-10H2,1H3,(H,19,22)(H,20,21). The first-order chi connectivity index (χ1) is 10.6. The molecular weight excluding hydrogens is 276 g/mol. The molecule has 22 heavy (non-hydrogen) atoms. The molecule has 3 rings (SSSR count). The molecule has 2 aromatic carbocycles. The second-order valence-corrected chi connectivity index (χ2v) is 5.95. The number of fused-ring (bicyclic) bond motifs is 1. The monoisotopic (exact) mass is 296 g/mol. The molecule has 2 atom stereocenters. The summed E-state index contributed by atoms with van der Waals surface area (Å²) in [7, 11) is 0. The lowest BCUT2D eigenvalue weighted by Gasteiger charge is -2.17. The zero-order valence-electron chi connectivity index (χ0n) is 12.6. The van der Waals surface area contributed by atoms with Crippen LogP contribution in [-0.4, -0.2) is 23.9 Å². The molecule has 0 bridgehead atoms. The topological polar surface area (TPSA) is 58.2 Å². The van der Waals surface area contributed by atoms with Gasteiger partial charge in [0.25, 0.3) is 0 Å². The van der Waals surface area contributed by atoms with Crippen molar-refractivity contribution < 1.29 is 9.59 Å². The average molecular weight is 296 g/mol. The number of benzene rings is 2. The van der Waals surface area contributed by atoms with Crippen molar-refractivity contribution in [3.05, 3.63) is 48.0 Å². The van der Waals surface area contributed by atoms with E-state index in [1.165, 1.54) is 16.3 Å². The van der Waals surface area contributed by atoms with Crippen LogP contribution in [0, 0.1) is 0 Å². The molecule has 114 valence electrons. The van der Waals surface area contributed by atoms with Gasteiger partial charge in [-0.25, -0.2) is 0 Å². The van der Waals surface area contributed by atoms with Crippen molar-refractivity contribution in [2.75, 3.05) is 0 Å². The first-order valence-corrected chi connectivity index (χ1v) is 7.69. The largest absolute Gasteiger partial charge is 0.352 e. The van der Waals surface area contributed by atoms with Gasteiger partial charge >= 0.3 is 0 Å². The number of carbonyl (C=O) groups is 2. The van der Waals surface area contributed by atoms with Gasteiger partial charge < -0.3 is 10.6 Å². The van der Waals surface area contributed by atoms with Gasteiger partial charge in [-0.3, -0.25) is 9.59 Å². The minimum Gasteiger partial charge on any atom is -0.352 e. The van der Waals surface area contributed by atoms with Gasteiger partial charge in [0.2, 0.25) is 11.8 Å². The third kappa shape index (κ3) is 3.27. The summed E-state index contributed by atoms with van der Waals surface area (Å²) >= 11 is 0. The second-order valence-electron chi connectivity index (χ2n) is 5.95. The Hall–Kier alpha value is -2.36. The molecule has 0 aromatic heterocycles. The van der Waals surface area contributed by atoms with Crippen LogP contribution >= 0.6 is 0 Å². The summed E-state index contributed by atoms with van der Waals surface area (Å²) in [5.41, 5.74) is 1.20. The van der Waals surface area contributed by atoms with Crippen LogP contribution in [0.5, 0.6) is 0 Å². The van der Waals surface area contributed by atoms with Crippen molar-refractivity contribution in [2.45, 2.75) is 38.3 Å². The molecule has 2 amide bonds. The summed E-state index contributed by atoms with van der Waals surface area (Å²) < 4.78 is 0. The fourth-order valence-corrected chi connectivity index (χ4v) is 2.92. The highest BCUT2D eigenvalue weighted by molar-refractivity contribution is 5.90. The molecule has 4 nitrogen and oxygen atoms in total. The summed E-state index contributed by atoms with van der Waals surface area (Å²) in [6, 6.07) is 14.3. The van der Waals surface area contributed by atoms with Crippen molar-refractivity contribution in [2.24, 2.45) is 0 Å². The third-order valence-electron chi connectivity index (χ3n) is 4.06. The van der Waals surface area contributed by atoms with Crippen molar-refractivity contribution in [3.8, 4) is 0 Å². The van der Waals surface area contributed by atoms with Crippen LogP contribution in [0.15, 0.2) is 42.5 Å². The van der Waals surface area contributed by atoms with Crippen LogP contribution in [0.3, 0.4) is 0 Å². The van der Waals surface area contributed by atoms with E-state index in [2.05, 4.69) is 41.0 Å². The third-order valence-corrected chi connectivity index (χ3v) is 4.06. The molecule has 4 heteroatoms. The van der Waals surface area contributed by atoms with Crippen molar-refractivity contribution in [1.29, 1.82) is 0 Å². The van der Waals surface area contributed by atoms with Crippen LogP contribution in [0.4, 0.5) is 0 Å². The molecule has 0 aliphatic carbocycles. The quantitative estimate of drug-likeness (QED) is 0.908. The lowest BCUT2D eigenvalue weighted by Crippen LogP contribution is -2.45. The number of rotatable bonds is 4. The van der Waals surface area contributed by atoms with Crippen LogP contribution in [-0.2, 0) is 16.0 Å². The number of carbonyl (C=O) groups excluding carboxylic acids is 2. The Morgan fingerprint density at radius 1 is 1.27 bits per heavy atom. The molecule has 1 heterocycles. The van der Waals surface area contributed by atoms with Gasteiger partial charge in [0.15, 0.2) is 0 Å². The number of hydrogen-bond donors (Lipinski definition) is 2. The van der Waals surface area contributed by atoms with Crippen molar-refractivity contribution in [3.63, 3.8) is 0 Å². The lowest BCUT2D eigenvalue weighted by molar-refractivity contribution is -0.126. The molecule has 1 saturated heterocycles. The number of amides is 2. The van der Waals surface area contributed by atoms with E-state index in [0.29, 0.717) is 12.8 Å². The summed E-state index contributed by atoms with van der Waals surface area (Å²) in [4.78, 5) is 23.2. The summed E-state index contributed by atoms with van der Waals surface area (Å²) in [6.45, 7) is 1.99. The second kappa shape index (κ2) is 6.18. The van der Waals surface area contributed by atoms with Crippen LogP contribution in [0.25, 0.3) is 10.8 Å². The van der Waals surface area contributed by atoms with Crippen molar-refractivity contribution >= 4 is 22.6 Å². The van der Waals surface area contributed by atoms with E-state index >= 15 is 0 Å². The first-order valence-electron chi connectivity index (χ1n) is 7.69. The fraction of sp³-hybridized carbons (Fsp3) is 0.333. The highest BCUT2D eigenvalue weighted by Crippen LogP contribution is 2.16. The van der Waals surface area contributed by atoms with Crippen LogP contribution < -0.4 is 10.6 Å². The molecule has 1 aliphatic rings. The minimum absolute atomic E-state index is 0.0335. The molecule has 1 fully saturated rings. The normalized spacial score (nSPS) is 19.0. The highest BCUT2D eigenvalue weighted by Gasteiger charge is 2.27. The van der Waals surface area contributed by atoms with Crippen LogP contribution in [0.1, 0.15) is 25.3 Å². The van der Waals surface area contributed by atoms with Gasteiger partial charge in [-0.2, -0.15) is 0 Å². The van der Waals surface area contributed by atoms with Crippen molar-refractivity contribution in [1.82, 2.24) is 10.6 Å². The molecule has 2 aromatic rings. The Morgan fingerprint density at radius 3 is 2.77 bits per heavy atom. The van der Waals surface area contributed by atoms with Gasteiger partial charge in [-0.1, -0.05) is 42.5 Å². The molecule has 0 radical (unpaired) electrons. The fourth-order valence-electron chi connectivity index (χ4n) is 2.92. The molecule has 2 unspecified atom stereocenters. The molecule has 1 aliphatic heterocycles. The SMILES string of the molecule is CC(Cc1ccc2ccccc2c1)NC(=O)C1CCC(=O)N1. The average Bonchev–Trinajstić information content (AvgIpc) is 2.94. The summed E-state index contributed by atoms with van der Waals surface area (Å²) in [5, 5.41) is 8.11. The Balaban J connectivity index is 1.61. The van der Waals surface area contributed by atoms with E-state index in [0.717, 1.165) is 6.42 Å². The van der Waals surface area contributed by atoms with E-state index in [4.69, 9.17) is 0 Å². The summed E-state index contributed by atoms with van der Waals surface area (Å²) in [5.74, 6) is -0.124. The minimum atomic E-state index is -0.369. The first kappa shape index (κ1) is 14.6. The van der Waals surface area contributed by atoms with E-state index < -0.39 is 0 Å². The van der Waals surface area contributed by atoms with Gasteiger partial charge in [0.1, 0.15) is 6.04 Å². The Labute approximate surface area is 129 Å². The number of hydrogen-bond acceptors (Lipinski definition) is 2. The van der Waals surface area contributed by atoms with E-state index in [1.807, 2.05) is 19.1 Å². The van der Waals surface area contributed by atoms with Gasteiger partial charge in [-0.15, -0.1) is 0 Å². The molecular formula is C18H20N2O2. The predicted molar refractivity (Wildman–Crippen MR) is 86.4 cm³/mol. The molecule has 2 N–H and O–H groups in total. The van der Waals surface area contributed by atoms with Gasteiger partial charge in [0.05, 0.1) is 0 Å². The Morgan fingerprint density at radius 2 is 2.05 bits per heavy atom. The smallest absolute Gasteiger partial charge is 0.242 e. The van der Waals surface area contributed by atoms with Gasteiger partial charge in [0, 0.05) is 12.5 Å². The number of nitrogens with one attached hydrogen (secondary N) is 2. The van der Waals surface area contributed by atoms with E-state index in [1.54, 1.807) is 0 Å². The highest BCUT2D eigenvalue weighted by atomic mass is 16.2. The molecule has 0 spiro atoms. The zero-order chi connectivity index (χ0) is 15.5. The summed E-state index contributed by atoms with van der Waals surface area (Å²) in [6.07, 6.45) is 1.81. The zero-order valence-corrected chi connectivity index (χ0v) is 12.6. The van der Waals surface area contributed by atoms with Crippen LogP contribution in [0.2, 0.25) is 0 Å². The lowest BCUT2D eigenvalue weighted by atomic mass is 10.0. The predicted octanol–water partition coefficient (Wildman–Crippen LogP) is 2.17. The Bertz CT molecular complexity index is 711. The van der Waals surface area contributed by atoms with Gasteiger partial charge in [-0.05, 0) is 36.1 Å². The molecule has 0 saturated carbocycles. The Kier molecular flexibility index (Phi) is 4.09. The maximum atomic E-state index is 12.1. The maximum absolute atomic E-state index is 12.1. The van der Waals surface area contributed by atoms with E-state index in [9.17, 15) is 9.59 Å². The maximum Gasteiger partial charge on any atom is 0.242 e.